The van der Waals surface area contributed by atoms with Gasteiger partial charge in [-0.05, 0) is 203 Å². The van der Waals surface area contributed by atoms with E-state index in [-0.39, 0.29) is 5.41 Å². The summed E-state index contributed by atoms with van der Waals surface area (Å²) in [5, 5.41) is 0. The normalized spacial score (nSPS) is 20.0. The lowest BCUT2D eigenvalue weighted by molar-refractivity contribution is -0.0399. The van der Waals surface area contributed by atoms with Gasteiger partial charge in [0, 0.05) is 22.2 Å². The van der Waals surface area contributed by atoms with Crippen molar-refractivity contribution in [1.29, 1.82) is 0 Å². The summed E-state index contributed by atoms with van der Waals surface area (Å²) in [5.41, 5.74) is 31.6. The van der Waals surface area contributed by atoms with Crippen LogP contribution in [0.4, 0.5) is 17.1 Å². The van der Waals surface area contributed by atoms with Gasteiger partial charge in [0.05, 0.1) is 16.8 Å². The Labute approximate surface area is 493 Å². The number of hydrogen-bond acceptors (Lipinski definition) is 1. The zero-order valence-corrected chi connectivity index (χ0v) is 46.9. The maximum absolute atomic E-state index is 2.64. The molecule has 0 atom stereocenters. The minimum Gasteiger partial charge on any atom is -0.309 e. The quantitative estimate of drug-likeness (QED) is 0.147. The number of rotatable bonds is 8. The second kappa shape index (κ2) is 18.5. The van der Waals surface area contributed by atoms with Crippen LogP contribution in [0.25, 0.3) is 89.0 Å². The summed E-state index contributed by atoms with van der Waals surface area (Å²) in [6.45, 7) is 0. The first-order valence-corrected chi connectivity index (χ1v) is 30.7. The van der Waals surface area contributed by atoms with Gasteiger partial charge in [0.1, 0.15) is 0 Å². The third-order valence-corrected chi connectivity index (χ3v) is 21.1. The van der Waals surface area contributed by atoms with E-state index < -0.39 is 5.41 Å². The standard InChI is InChI=1S/C83H61N/c1-4-21-55(22-5-1)65-31-12-15-41-77(65)84(64-30-17-29-60(51-64)58-27-16-28-59(50-58)61-43-44-70-68-32-10-13-37-72(68)82(76(70)52-61)62-46-53-45-54(48-62)49-63(82)47-53)78-42-20-36-71-69-33-11-14-38-73(69)83(81(71)78)74-39-18-34-66(56-23-6-2-7-24-56)79(74)80-67(35-19-40-75(80)83)57-25-8-3-9-26-57/h1-44,50-54,62-63H,45-49H2. The zero-order chi connectivity index (χ0) is 55.1. The highest BCUT2D eigenvalue weighted by Gasteiger charge is 2.62. The van der Waals surface area contributed by atoms with Crippen LogP contribution >= 0.6 is 0 Å². The van der Waals surface area contributed by atoms with Gasteiger partial charge < -0.3 is 4.90 Å². The van der Waals surface area contributed by atoms with Gasteiger partial charge in [0.2, 0.25) is 0 Å². The lowest BCUT2D eigenvalue weighted by atomic mass is 9.43. The predicted octanol–water partition coefficient (Wildman–Crippen LogP) is 21.6. The molecule has 4 bridgehead atoms. The van der Waals surface area contributed by atoms with Crippen molar-refractivity contribution in [2.24, 2.45) is 23.7 Å². The molecular weight excluding hydrogens is 1010 g/mol. The van der Waals surface area contributed by atoms with Crippen molar-refractivity contribution in [2.45, 2.75) is 42.9 Å². The minimum absolute atomic E-state index is 0.120. The smallest absolute Gasteiger partial charge is 0.0746 e. The van der Waals surface area contributed by atoms with E-state index in [0.29, 0.717) is 0 Å². The number of para-hydroxylation sites is 1. The number of fused-ring (bicyclic) bond motifs is 13. The molecule has 0 saturated heterocycles. The first-order valence-electron chi connectivity index (χ1n) is 30.7. The SMILES string of the molecule is c1ccc(-c2ccccc2N(c2cccc(-c3cccc(-c4ccc5c(c4)C4(c6ccccc6-5)C5CC6CC(C5)CC4C6)c3)c2)c2cccc3c2C2(c4ccccc4-3)c3cccc(-c4ccccc4)c3-c3c(-c4ccccc4)cccc32)cc1. The summed E-state index contributed by atoms with van der Waals surface area (Å²) in [6.07, 6.45) is 6.99. The van der Waals surface area contributed by atoms with E-state index in [4.69, 9.17) is 0 Å². The molecule has 12 aromatic carbocycles. The molecule has 19 rings (SSSR count). The molecule has 398 valence electrons. The molecule has 7 aliphatic carbocycles. The fraction of sp³-hybridized carbons (Fsp3) is 0.133. The molecular formula is C83H61N. The van der Waals surface area contributed by atoms with Crippen LogP contribution in [0.5, 0.6) is 0 Å². The largest absolute Gasteiger partial charge is 0.309 e. The van der Waals surface area contributed by atoms with E-state index in [1.54, 1.807) is 11.1 Å². The van der Waals surface area contributed by atoms with E-state index in [2.05, 4.69) is 290 Å². The molecule has 0 radical (unpaired) electrons. The van der Waals surface area contributed by atoms with Crippen LogP contribution in [0.1, 0.15) is 65.5 Å². The van der Waals surface area contributed by atoms with Crippen LogP contribution < -0.4 is 4.90 Å². The van der Waals surface area contributed by atoms with Crippen molar-refractivity contribution in [3.63, 3.8) is 0 Å². The number of anilines is 3. The summed E-state index contributed by atoms with van der Waals surface area (Å²) in [4.78, 5) is 2.60. The summed E-state index contributed by atoms with van der Waals surface area (Å²) >= 11 is 0. The Morgan fingerprint density at radius 1 is 0.262 bits per heavy atom. The summed E-state index contributed by atoms with van der Waals surface area (Å²) < 4.78 is 0. The number of nitrogens with zero attached hydrogens (tertiary/aromatic N) is 1. The van der Waals surface area contributed by atoms with Crippen molar-refractivity contribution < 1.29 is 0 Å². The van der Waals surface area contributed by atoms with Gasteiger partial charge in [0.25, 0.3) is 0 Å². The second-order valence-corrected chi connectivity index (χ2v) is 25.0. The lowest BCUT2D eigenvalue weighted by Crippen LogP contribution is -2.55. The van der Waals surface area contributed by atoms with E-state index in [1.807, 2.05) is 0 Å². The molecule has 0 N–H and O–H groups in total. The van der Waals surface area contributed by atoms with E-state index in [1.165, 1.54) is 143 Å². The van der Waals surface area contributed by atoms with Crippen LogP contribution in [0.2, 0.25) is 0 Å². The third-order valence-electron chi connectivity index (χ3n) is 21.1. The molecule has 0 unspecified atom stereocenters. The van der Waals surface area contributed by atoms with Gasteiger partial charge in [-0.25, -0.2) is 0 Å². The van der Waals surface area contributed by atoms with Crippen molar-refractivity contribution >= 4 is 17.1 Å². The predicted molar refractivity (Wildman–Crippen MR) is 348 cm³/mol. The van der Waals surface area contributed by atoms with Crippen molar-refractivity contribution in [1.82, 2.24) is 0 Å². The summed E-state index contributed by atoms with van der Waals surface area (Å²) in [5.74, 6) is 3.26. The Morgan fingerprint density at radius 3 is 1.31 bits per heavy atom. The average molecular weight is 1070 g/mol. The Hall–Kier alpha value is -9.56. The van der Waals surface area contributed by atoms with E-state index in [0.717, 1.165) is 40.7 Å². The number of hydrogen-bond donors (Lipinski definition) is 0. The molecule has 2 spiro atoms. The molecule has 84 heavy (non-hydrogen) atoms. The highest BCUT2D eigenvalue weighted by molar-refractivity contribution is 6.07. The maximum atomic E-state index is 2.64. The van der Waals surface area contributed by atoms with Crippen molar-refractivity contribution in [2.75, 3.05) is 4.90 Å². The Balaban J connectivity index is 0.846. The van der Waals surface area contributed by atoms with Gasteiger partial charge in [-0.2, -0.15) is 0 Å². The zero-order valence-electron chi connectivity index (χ0n) is 46.9. The molecule has 0 aliphatic heterocycles. The molecule has 4 fully saturated rings. The summed E-state index contributed by atoms with van der Waals surface area (Å²) in [7, 11) is 0. The van der Waals surface area contributed by atoms with Crippen LogP contribution in [-0.4, -0.2) is 0 Å². The first kappa shape index (κ1) is 48.0. The van der Waals surface area contributed by atoms with Crippen molar-refractivity contribution in [3.05, 3.63) is 318 Å². The fourth-order valence-electron chi connectivity index (χ4n) is 18.2. The van der Waals surface area contributed by atoms with Gasteiger partial charge in [0.15, 0.2) is 0 Å². The van der Waals surface area contributed by atoms with E-state index >= 15 is 0 Å². The molecule has 1 heteroatoms. The topological polar surface area (TPSA) is 3.24 Å². The number of benzene rings is 12. The van der Waals surface area contributed by atoms with Crippen LogP contribution in [0.15, 0.2) is 285 Å². The third kappa shape index (κ3) is 6.73. The second-order valence-electron chi connectivity index (χ2n) is 25.0. The highest BCUT2D eigenvalue weighted by atomic mass is 15.1. The Morgan fingerprint density at radius 2 is 0.679 bits per heavy atom. The molecule has 4 saturated carbocycles. The maximum Gasteiger partial charge on any atom is 0.0746 e. The van der Waals surface area contributed by atoms with Gasteiger partial charge in [-0.1, -0.05) is 249 Å². The average Bonchev–Trinajstić information content (AvgIpc) is 1.74. The fourth-order valence-corrected chi connectivity index (χ4v) is 18.2. The molecule has 0 heterocycles. The Bertz CT molecular complexity index is 4510. The van der Waals surface area contributed by atoms with Gasteiger partial charge in [-0.15, -0.1) is 0 Å². The van der Waals surface area contributed by atoms with Gasteiger partial charge >= 0.3 is 0 Å². The monoisotopic (exact) mass is 1070 g/mol. The van der Waals surface area contributed by atoms with Crippen molar-refractivity contribution in [3.8, 4) is 89.0 Å². The summed E-state index contributed by atoms with van der Waals surface area (Å²) in [6, 6.07) is 109. The van der Waals surface area contributed by atoms with Crippen LogP contribution in [0, 0.1) is 23.7 Å². The highest BCUT2D eigenvalue weighted by Crippen LogP contribution is 2.71. The molecule has 0 aromatic heterocycles. The van der Waals surface area contributed by atoms with Crippen LogP contribution in [-0.2, 0) is 10.8 Å². The van der Waals surface area contributed by atoms with Gasteiger partial charge in [-0.3, -0.25) is 0 Å². The first-order chi connectivity index (χ1) is 41.6. The van der Waals surface area contributed by atoms with Crippen LogP contribution in [0.3, 0.4) is 0 Å². The Kier molecular flexibility index (Phi) is 10.6. The molecule has 0 amide bonds. The molecule has 7 aliphatic rings. The lowest BCUT2D eigenvalue weighted by Gasteiger charge is -2.61. The minimum atomic E-state index is -0.679. The molecule has 1 nitrogen and oxygen atoms in total. The van der Waals surface area contributed by atoms with E-state index in [9.17, 15) is 0 Å². The molecule has 12 aromatic rings.